The van der Waals surface area contributed by atoms with E-state index >= 15 is 0 Å². The maximum absolute atomic E-state index is 11.5. The van der Waals surface area contributed by atoms with Crippen molar-refractivity contribution in [2.24, 2.45) is 5.10 Å². The van der Waals surface area contributed by atoms with Crippen LogP contribution in [-0.2, 0) is 11.3 Å². The van der Waals surface area contributed by atoms with Gasteiger partial charge in [0.25, 0.3) is 5.91 Å². The van der Waals surface area contributed by atoms with E-state index in [9.17, 15) is 4.79 Å². The van der Waals surface area contributed by atoms with E-state index in [4.69, 9.17) is 17.3 Å². The van der Waals surface area contributed by atoms with Crippen LogP contribution in [0.3, 0.4) is 0 Å². The number of benzene rings is 1. The quantitative estimate of drug-likeness (QED) is 0.607. The van der Waals surface area contributed by atoms with Crippen molar-refractivity contribution in [2.45, 2.75) is 6.54 Å². The van der Waals surface area contributed by atoms with Crippen molar-refractivity contribution >= 4 is 29.7 Å². The predicted octanol–water partition coefficient (Wildman–Crippen LogP) is 0.0590. The average Bonchev–Trinajstić information content (AvgIpc) is 2.78. The normalized spacial score (nSPS) is 10.8. The molecule has 0 radical (unpaired) electrons. The Balaban J connectivity index is 1.86. The average molecular weight is 280 g/mol. The number of amides is 1. The van der Waals surface area contributed by atoms with Crippen molar-refractivity contribution in [3.8, 4) is 0 Å². The van der Waals surface area contributed by atoms with Gasteiger partial charge in [-0.25, -0.2) is 10.1 Å². The van der Waals surface area contributed by atoms with E-state index in [2.05, 4.69) is 26.1 Å². The van der Waals surface area contributed by atoms with Crippen molar-refractivity contribution in [3.05, 3.63) is 34.9 Å². The molecule has 0 saturated carbocycles. The number of nitrogens with one attached hydrogen (secondary N) is 1. The Morgan fingerprint density at radius 1 is 1.47 bits per heavy atom. The minimum atomic E-state index is -0.385. The number of tetrazole rings is 1. The summed E-state index contributed by atoms with van der Waals surface area (Å²) in [6, 6.07) is 7.01. The lowest BCUT2D eigenvalue weighted by Gasteiger charge is -2.00. The molecule has 0 atom stereocenters. The number of carbonyl (C=O) groups is 1. The molecule has 8 nitrogen and oxygen atoms in total. The molecule has 3 N–H and O–H groups in total. The number of hydrogen-bond donors (Lipinski definition) is 2. The monoisotopic (exact) mass is 279 g/mol. The van der Waals surface area contributed by atoms with Crippen molar-refractivity contribution in [2.75, 3.05) is 5.73 Å². The Kier molecular flexibility index (Phi) is 4.04. The summed E-state index contributed by atoms with van der Waals surface area (Å²) < 4.78 is 1.16. The Hall–Kier alpha value is -2.48. The summed E-state index contributed by atoms with van der Waals surface area (Å²) in [5.41, 5.74) is 8.57. The highest BCUT2D eigenvalue weighted by atomic mass is 35.5. The largest absolute Gasteiger partial charge is 0.367 e. The van der Waals surface area contributed by atoms with E-state index in [0.717, 1.165) is 10.2 Å². The highest BCUT2D eigenvalue weighted by Crippen LogP contribution is 2.07. The van der Waals surface area contributed by atoms with Gasteiger partial charge in [0.15, 0.2) is 0 Å². The van der Waals surface area contributed by atoms with Gasteiger partial charge < -0.3 is 5.73 Å². The van der Waals surface area contributed by atoms with Crippen LogP contribution in [0.15, 0.2) is 29.4 Å². The van der Waals surface area contributed by atoms with Gasteiger partial charge in [-0.1, -0.05) is 28.8 Å². The molecule has 98 valence electrons. The second-order valence-electron chi connectivity index (χ2n) is 3.54. The molecule has 19 heavy (non-hydrogen) atoms. The smallest absolute Gasteiger partial charge is 0.261 e. The highest BCUT2D eigenvalue weighted by molar-refractivity contribution is 6.30. The van der Waals surface area contributed by atoms with Gasteiger partial charge in [0.1, 0.15) is 6.54 Å². The zero-order valence-corrected chi connectivity index (χ0v) is 10.4. The molecule has 0 aliphatic carbocycles. The molecule has 9 heteroatoms. The number of anilines is 1. The number of nitrogens with zero attached hydrogens (tertiary/aromatic N) is 5. The first kappa shape index (κ1) is 13.0. The summed E-state index contributed by atoms with van der Waals surface area (Å²) in [4.78, 5) is 11.5. The van der Waals surface area contributed by atoms with Gasteiger partial charge in [0.2, 0.25) is 5.95 Å². The van der Waals surface area contributed by atoms with Gasteiger partial charge in [0, 0.05) is 5.02 Å². The molecule has 1 aromatic heterocycles. The Labute approximate surface area is 113 Å². The van der Waals surface area contributed by atoms with E-state index in [1.165, 1.54) is 6.21 Å². The maximum atomic E-state index is 11.5. The Morgan fingerprint density at radius 2 is 2.21 bits per heavy atom. The number of carbonyl (C=O) groups excluding carboxylic acids is 1. The topological polar surface area (TPSA) is 111 Å². The zero-order chi connectivity index (χ0) is 13.7. The molecule has 2 aromatic rings. The van der Waals surface area contributed by atoms with Gasteiger partial charge in [-0.2, -0.15) is 5.10 Å². The molecule has 0 saturated heterocycles. The molecule has 0 aliphatic heterocycles. The van der Waals surface area contributed by atoms with Crippen molar-refractivity contribution in [1.29, 1.82) is 0 Å². The second kappa shape index (κ2) is 5.91. The molecule has 1 heterocycles. The summed E-state index contributed by atoms with van der Waals surface area (Å²) in [7, 11) is 0. The summed E-state index contributed by atoms with van der Waals surface area (Å²) in [5.74, 6) is -0.318. The number of nitrogens with two attached hydrogens (primary N) is 1. The molecule has 0 aliphatic rings. The minimum absolute atomic E-state index is 0.0665. The SMILES string of the molecule is Nc1nnnn1CC(=O)N/N=C/c1ccc(Cl)cc1. The van der Waals surface area contributed by atoms with E-state index in [0.29, 0.717) is 5.02 Å². The molecule has 1 amide bonds. The summed E-state index contributed by atoms with van der Waals surface area (Å²) in [5, 5.41) is 14.7. The lowest BCUT2D eigenvalue weighted by molar-refractivity contribution is -0.121. The third-order valence-corrected chi connectivity index (χ3v) is 2.38. The number of hydrazone groups is 1. The van der Waals surface area contributed by atoms with Gasteiger partial charge in [-0.05, 0) is 28.1 Å². The van der Waals surface area contributed by atoms with Gasteiger partial charge in [-0.3, -0.25) is 4.79 Å². The second-order valence-corrected chi connectivity index (χ2v) is 3.98. The standard InChI is InChI=1S/C10H10ClN7O/c11-8-3-1-7(2-4-8)5-13-14-9(19)6-18-10(12)15-16-17-18/h1-5H,6H2,(H,14,19)(H2,12,15,17)/b13-5+. The van der Waals surface area contributed by atoms with E-state index < -0.39 is 0 Å². The zero-order valence-electron chi connectivity index (χ0n) is 9.69. The fourth-order valence-electron chi connectivity index (χ4n) is 1.22. The molecule has 1 aromatic carbocycles. The van der Waals surface area contributed by atoms with E-state index in [-0.39, 0.29) is 18.4 Å². The number of aromatic nitrogens is 4. The van der Waals surface area contributed by atoms with Crippen molar-refractivity contribution in [3.63, 3.8) is 0 Å². The fourth-order valence-corrected chi connectivity index (χ4v) is 1.35. The van der Waals surface area contributed by atoms with Gasteiger partial charge in [-0.15, -0.1) is 0 Å². The van der Waals surface area contributed by atoms with Crippen molar-refractivity contribution in [1.82, 2.24) is 25.6 Å². The van der Waals surface area contributed by atoms with Crippen LogP contribution < -0.4 is 11.2 Å². The van der Waals surface area contributed by atoms with Crippen LogP contribution in [-0.4, -0.2) is 32.3 Å². The minimum Gasteiger partial charge on any atom is -0.367 e. The summed E-state index contributed by atoms with van der Waals surface area (Å²) >= 11 is 5.74. The number of halogens is 1. The van der Waals surface area contributed by atoms with E-state index in [1.807, 2.05) is 0 Å². The molecule has 0 bridgehead atoms. The molecule has 0 unspecified atom stereocenters. The van der Waals surface area contributed by atoms with Crippen molar-refractivity contribution < 1.29 is 4.79 Å². The van der Waals surface area contributed by atoms with Crippen LogP contribution >= 0.6 is 11.6 Å². The van der Waals surface area contributed by atoms with Crippen LogP contribution in [0.1, 0.15) is 5.56 Å². The van der Waals surface area contributed by atoms with E-state index in [1.54, 1.807) is 24.3 Å². The molecular formula is C10H10ClN7O. The predicted molar refractivity (Wildman–Crippen MR) is 69.4 cm³/mol. The lowest BCUT2D eigenvalue weighted by atomic mass is 10.2. The molecule has 2 rings (SSSR count). The van der Waals surface area contributed by atoms with Crippen LogP contribution in [0.4, 0.5) is 5.95 Å². The summed E-state index contributed by atoms with van der Waals surface area (Å²) in [6.45, 7) is -0.100. The van der Waals surface area contributed by atoms with Gasteiger partial charge in [0.05, 0.1) is 6.21 Å². The third kappa shape index (κ3) is 3.75. The van der Waals surface area contributed by atoms with Crippen LogP contribution in [0.2, 0.25) is 5.02 Å². The first-order valence-electron chi connectivity index (χ1n) is 5.24. The van der Waals surface area contributed by atoms with Crippen LogP contribution in [0.25, 0.3) is 0 Å². The van der Waals surface area contributed by atoms with Crippen LogP contribution in [0.5, 0.6) is 0 Å². The number of hydrogen-bond acceptors (Lipinski definition) is 6. The maximum Gasteiger partial charge on any atom is 0.261 e. The number of nitrogen functional groups attached to an aromatic ring is 1. The van der Waals surface area contributed by atoms with Crippen LogP contribution in [0, 0.1) is 0 Å². The third-order valence-electron chi connectivity index (χ3n) is 2.13. The molecular weight excluding hydrogens is 270 g/mol. The fraction of sp³-hybridized carbons (Fsp3) is 0.100. The Morgan fingerprint density at radius 3 is 2.84 bits per heavy atom. The highest BCUT2D eigenvalue weighted by Gasteiger charge is 2.06. The molecule has 0 fully saturated rings. The lowest BCUT2D eigenvalue weighted by Crippen LogP contribution is -2.24. The van der Waals surface area contributed by atoms with Gasteiger partial charge >= 0.3 is 0 Å². The first-order valence-corrected chi connectivity index (χ1v) is 5.62. The molecule has 0 spiro atoms. The Bertz CT molecular complexity index is 592. The first-order chi connectivity index (χ1) is 9.15. The summed E-state index contributed by atoms with van der Waals surface area (Å²) in [6.07, 6.45) is 1.50. The number of rotatable bonds is 4.